The van der Waals surface area contributed by atoms with Gasteiger partial charge in [0.25, 0.3) is 0 Å². The van der Waals surface area contributed by atoms with Gasteiger partial charge in [-0.25, -0.2) is 0 Å². The number of methoxy groups -OCH3 is 1. The Morgan fingerprint density at radius 2 is 1.67 bits per heavy atom. The van der Waals surface area contributed by atoms with Gasteiger partial charge < -0.3 is 14.8 Å². The molecule has 3 nitrogen and oxygen atoms in total. The summed E-state index contributed by atoms with van der Waals surface area (Å²) in [5, 5.41) is 4.41. The van der Waals surface area contributed by atoms with E-state index in [2.05, 4.69) is 5.32 Å². The smallest absolute Gasteiger partial charge is 0.163 e. The van der Waals surface area contributed by atoms with Gasteiger partial charge in [-0.15, -0.1) is 0 Å². The number of benzene rings is 2. The Balaban J connectivity index is 1.62. The lowest BCUT2D eigenvalue weighted by Gasteiger charge is -2.22. The molecule has 0 aromatic heterocycles. The van der Waals surface area contributed by atoms with Crippen molar-refractivity contribution in [1.29, 1.82) is 0 Å². The first-order valence-electron chi connectivity index (χ1n) is 10.0. The third kappa shape index (κ3) is 6.15. The van der Waals surface area contributed by atoms with Crippen LogP contribution in [0.4, 0.5) is 0 Å². The number of rotatable bonds is 7. The Morgan fingerprint density at radius 1 is 0.963 bits per heavy atom. The van der Waals surface area contributed by atoms with Crippen molar-refractivity contribution in [1.82, 2.24) is 5.32 Å². The maximum Gasteiger partial charge on any atom is 0.163 e. The third-order valence-corrected chi connectivity index (χ3v) is 5.61. The van der Waals surface area contributed by atoms with Gasteiger partial charge in [-0.05, 0) is 30.0 Å². The summed E-state index contributed by atoms with van der Waals surface area (Å²) in [4.78, 5) is 0. The summed E-state index contributed by atoms with van der Waals surface area (Å²) in [6.07, 6.45) is 9.27. The van der Waals surface area contributed by atoms with Crippen LogP contribution >= 0.6 is 11.6 Å². The van der Waals surface area contributed by atoms with E-state index in [0.29, 0.717) is 18.4 Å². The molecule has 1 saturated carbocycles. The molecule has 27 heavy (non-hydrogen) atoms. The van der Waals surface area contributed by atoms with Crippen molar-refractivity contribution in [2.24, 2.45) is 0 Å². The van der Waals surface area contributed by atoms with E-state index in [4.69, 9.17) is 21.1 Å². The van der Waals surface area contributed by atoms with Crippen molar-refractivity contribution in [3.63, 3.8) is 0 Å². The maximum absolute atomic E-state index is 6.54. The molecule has 1 fully saturated rings. The molecule has 2 aromatic carbocycles. The molecule has 0 bridgehead atoms. The minimum Gasteiger partial charge on any atom is -0.493 e. The highest BCUT2D eigenvalue weighted by atomic mass is 35.5. The predicted octanol–water partition coefficient (Wildman–Crippen LogP) is 6.13. The van der Waals surface area contributed by atoms with Crippen molar-refractivity contribution >= 4 is 11.6 Å². The summed E-state index contributed by atoms with van der Waals surface area (Å²) >= 11 is 6.54. The second kappa shape index (κ2) is 10.6. The van der Waals surface area contributed by atoms with Crippen LogP contribution in [0.15, 0.2) is 42.5 Å². The molecule has 4 heteroatoms. The normalized spacial score (nSPS) is 15.8. The molecule has 0 atom stereocenters. The monoisotopic (exact) mass is 387 g/mol. The van der Waals surface area contributed by atoms with E-state index in [9.17, 15) is 0 Å². The lowest BCUT2D eigenvalue weighted by atomic mass is 9.96. The standard InChI is InChI=1S/C23H30ClNO2/c1-26-22-14-19(16-25-20-12-8-3-2-4-9-13-20)21(24)15-23(22)27-17-18-10-6-5-7-11-18/h5-7,10-11,14-15,20,25H,2-4,8-9,12-13,16-17H2,1H3. The van der Waals surface area contributed by atoms with E-state index in [0.717, 1.165) is 28.4 Å². The van der Waals surface area contributed by atoms with E-state index in [1.165, 1.54) is 44.9 Å². The number of hydrogen-bond donors (Lipinski definition) is 1. The minimum absolute atomic E-state index is 0.493. The fourth-order valence-electron chi connectivity index (χ4n) is 3.63. The van der Waals surface area contributed by atoms with E-state index in [1.807, 2.05) is 42.5 Å². The Kier molecular flexibility index (Phi) is 7.85. The molecule has 3 rings (SSSR count). The van der Waals surface area contributed by atoms with Crippen molar-refractivity contribution in [2.45, 2.75) is 64.1 Å². The van der Waals surface area contributed by atoms with Crippen molar-refractivity contribution in [3.8, 4) is 11.5 Å². The SMILES string of the molecule is COc1cc(CNC2CCCCCCC2)c(Cl)cc1OCc1ccccc1. The van der Waals surface area contributed by atoms with Crippen LogP contribution in [0, 0.1) is 0 Å². The van der Waals surface area contributed by atoms with E-state index < -0.39 is 0 Å². The molecule has 2 aromatic rings. The molecular formula is C23H30ClNO2. The molecule has 0 heterocycles. The molecule has 1 aliphatic carbocycles. The van der Waals surface area contributed by atoms with Gasteiger partial charge in [0, 0.05) is 23.7 Å². The fraction of sp³-hybridized carbons (Fsp3) is 0.478. The first kappa shape index (κ1) is 20.0. The number of hydrogen-bond acceptors (Lipinski definition) is 3. The zero-order valence-electron chi connectivity index (χ0n) is 16.2. The largest absolute Gasteiger partial charge is 0.493 e. The van der Waals surface area contributed by atoms with Crippen LogP contribution in [0.5, 0.6) is 11.5 Å². The van der Waals surface area contributed by atoms with Gasteiger partial charge in [-0.3, -0.25) is 0 Å². The van der Waals surface area contributed by atoms with Crippen LogP contribution in [0.1, 0.15) is 56.1 Å². The average Bonchev–Trinajstić information content (AvgIpc) is 2.67. The molecule has 1 aliphatic rings. The zero-order valence-corrected chi connectivity index (χ0v) is 16.9. The quantitative estimate of drug-likeness (QED) is 0.619. The van der Waals surface area contributed by atoms with Gasteiger partial charge in [0.1, 0.15) is 6.61 Å². The van der Waals surface area contributed by atoms with Crippen LogP contribution in [0.2, 0.25) is 5.02 Å². The minimum atomic E-state index is 0.493. The van der Waals surface area contributed by atoms with Gasteiger partial charge in [0.2, 0.25) is 0 Å². The van der Waals surface area contributed by atoms with Crippen LogP contribution in [0.3, 0.4) is 0 Å². The summed E-state index contributed by atoms with van der Waals surface area (Å²) in [5.41, 5.74) is 2.17. The van der Waals surface area contributed by atoms with Crippen LogP contribution in [-0.4, -0.2) is 13.2 Å². The number of nitrogens with one attached hydrogen (secondary N) is 1. The molecule has 0 unspecified atom stereocenters. The summed E-state index contributed by atoms with van der Waals surface area (Å²) in [7, 11) is 1.67. The summed E-state index contributed by atoms with van der Waals surface area (Å²) < 4.78 is 11.5. The molecule has 0 amide bonds. The van der Waals surface area contributed by atoms with Gasteiger partial charge in [-0.2, -0.15) is 0 Å². The molecule has 0 spiro atoms. The summed E-state index contributed by atoms with van der Waals surface area (Å²) in [6, 6.07) is 14.6. The highest BCUT2D eigenvalue weighted by molar-refractivity contribution is 6.31. The van der Waals surface area contributed by atoms with Gasteiger partial charge >= 0.3 is 0 Å². The first-order chi connectivity index (χ1) is 13.3. The van der Waals surface area contributed by atoms with E-state index in [1.54, 1.807) is 7.11 Å². The Morgan fingerprint density at radius 3 is 2.37 bits per heavy atom. The molecule has 146 valence electrons. The van der Waals surface area contributed by atoms with Crippen LogP contribution in [-0.2, 0) is 13.2 Å². The van der Waals surface area contributed by atoms with Crippen molar-refractivity contribution in [2.75, 3.05) is 7.11 Å². The second-order valence-electron chi connectivity index (χ2n) is 7.29. The van der Waals surface area contributed by atoms with Gasteiger partial charge in [0.15, 0.2) is 11.5 Å². The van der Waals surface area contributed by atoms with Crippen LogP contribution in [0.25, 0.3) is 0 Å². The maximum atomic E-state index is 6.54. The van der Waals surface area contributed by atoms with Crippen molar-refractivity contribution in [3.05, 3.63) is 58.6 Å². The summed E-state index contributed by atoms with van der Waals surface area (Å²) in [6.45, 7) is 1.26. The molecule has 0 saturated heterocycles. The lowest BCUT2D eigenvalue weighted by molar-refractivity contribution is 0.284. The van der Waals surface area contributed by atoms with Crippen LogP contribution < -0.4 is 14.8 Å². The Labute approximate surface area is 168 Å². The predicted molar refractivity (Wildman–Crippen MR) is 112 cm³/mol. The highest BCUT2D eigenvalue weighted by Crippen LogP contribution is 2.34. The Hall–Kier alpha value is -1.71. The molecule has 0 aliphatic heterocycles. The lowest BCUT2D eigenvalue weighted by Crippen LogP contribution is -2.29. The van der Waals surface area contributed by atoms with E-state index >= 15 is 0 Å². The fourth-order valence-corrected chi connectivity index (χ4v) is 3.86. The molecule has 0 radical (unpaired) electrons. The zero-order chi connectivity index (χ0) is 18.9. The molecular weight excluding hydrogens is 358 g/mol. The topological polar surface area (TPSA) is 30.5 Å². The number of halogens is 1. The first-order valence-corrected chi connectivity index (χ1v) is 10.4. The Bertz CT molecular complexity index is 697. The average molecular weight is 388 g/mol. The highest BCUT2D eigenvalue weighted by Gasteiger charge is 2.14. The molecule has 1 N–H and O–H groups in total. The van der Waals surface area contributed by atoms with Crippen molar-refractivity contribution < 1.29 is 9.47 Å². The number of ether oxygens (including phenoxy) is 2. The van der Waals surface area contributed by atoms with Gasteiger partial charge in [0.05, 0.1) is 7.11 Å². The van der Waals surface area contributed by atoms with Gasteiger partial charge in [-0.1, -0.05) is 74.0 Å². The third-order valence-electron chi connectivity index (χ3n) is 5.26. The van der Waals surface area contributed by atoms with E-state index in [-0.39, 0.29) is 0 Å². The second-order valence-corrected chi connectivity index (χ2v) is 7.70. The summed E-state index contributed by atoms with van der Waals surface area (Å²) in [5.74, 6) is 1.41.